The van der Waals surface area contributed by atoms with E-state index < -0.39 is 6.04 Å². The number of carbonyl (C=O) groups is 2. The summed E-state index contributed by atoms with van der Waals surface area (Å²) >= 11 is 0. The van der Waals surface area contributed by atoms with Crippen LogP contribution < -0.4 is 10.6 Å². The second kappa shape index (κ2) is 7.88. The fraction of sp³-hybridized carbons (Fsp3) is 0.773. The van der Waals surface area contributed by atoms with E-state index in [1.807, 2.05) is 19.9 Å². The first-order chi connectivity index (χ1) is 13.4. The maximum absolute atomic E-state index is 13.3. The smallest absolute Gasteiger partial charge is 0.242 e. The van der Waals surface area contributed by atoms with Gasteiger partial charge in [-0.15, -0.1) is 0 Å². The highest BCUT2D eigenvalue weighted by Crippen LogP contribution is 2.60. The van der Waals surface area contributed by atoms with Crippen molar-refractivity contribution in [2.75, 3.05) is 6.54 Å². The molecule has 0 spiro atoms. The minimum absolute atomic E-state index is 0.0577. The minimum atomic E-state index is -0.451. The second-order valence-corrected chi connectivity index (χ2v) is 9.87. The average Bonchev–Trinajstić information content (AvgIpc) is 3.15. The molecule has 0 aromatic carbocycles. The maximum Gasteiger partial charge on any atom is 0.242 e. The first-order valence-corrected chi connectivity index (χ1v) is 11.0. The van der Waals surface area contributed by atoms with Crippen molar-refractivity contribution in [3.63, 3.8) is 0 Å². The summed E-state index contributed by atoms with van der Waals surface area (Å²) in [6, 6.07) is 1.50. The minimum Gasteiger partial charge on any atom is -0.354 e. The summed E-state index contributed by atoms with van der Waals surface area (Å²) in [6.45, 7) is 4.62. The molecule has 4 bridgehead atoms. The Bertz CT molecular complexity index is 662. The van der Waals surface area contributed by atoms with Crippen LogP contribution in [0, 0.1) is 29.1 Å². The van der Waals surface area contributed by atoms with Gasteiger partial charge in [-0.25, -0.2) is 0 Å². The van der Waals surface area contributed by atoms with Crippen LogP contribution in [-0.4, -0.2) is 34.6 Å². The average molecular weight is 387 g/mol. The highest BCUT2D eigenvalue weighted by molar-refractivity contribution is 5.90. The first kappa shape index (κ1) is 19.5. The number of aromatic nitrogens is 2. The molecule has 5 rings (SSSR count). The lowest BCUT2D eigenvalue weighted by Gasteiger charge is -2.55. The Morgan fingerprint density at radius 2 is 1.82 bits per heavy atom. The second-order valence-electron chi connectivity index (χ2n) is 9.87. The highest BCUT2D eigenvalue weighted by Gasteiger charge is 2.55. The number of aromatic amines is 1. The van der Waals surface area contributed by atoms with Gasteiger partial charge < -0.3 is 10.6 Å². The lowest BCUT2D eigenvalue weighted by Crippen LogP contribution is -2.58. The number of nitrogens with one attached hydrogen (secondary N) is 3. The number of rotatable bonds is 8. The molecule has 6 nitrogen and oxygen atoms in total. The molecule has 1 heterocycles. The summed E-state index contributed by atoms with van der Waals surface area (Å²) in [5.74, 6) is 2.34. The molecule has 4 fully saturated rings. The van der Waals surface area contributed by atoms with Gasteiger partial charge in [-0.2, -0.15) is 5.10 Å². The molecule has 4 aliphatic rings. The van der Waals surface area contributed by atoms with Gasteiger partial charge in [0.15, 0.2) is 0 Å². The zero-order valence-corrected chi connectivity index (χ0v) is 17.2. The maximum atomic E-state index is 13.3. The predicted octanol–water partition coefficient (Wildman–Crippen LogP) is 2.82. The predicted molar refractivity (Wildman–Crippen MR) is 107 cm³/mol. The van der Waals surface area contributed by atoms with E-state index in [4.69, 9.17) is 0 Å². The molecule has 4 aliphatic carbocycles. The van der Waals surface area contributed by atoms with Gasteiger partial charge in [0, 0.05) is 23.9 Å². The zero-order valence-electron chi connectivity index (χ0n) is 17.2. The van der Waals surface area contributed by atoms with Crippen LogP contribution in [0.2, 0.25) is 0 Å². The molecule has 0 aliphatic heterocycles. The van der Waals surface area contributed by atoms with Gasteiger partial charge in [0.2, 0.25) is 11.8 Å². The summed E-state index contributed by atoms with van der Waals surface area (Å²) in [7, 11) is 0. The third-order valence-electron chi connectivity index (χ3n) is 7.24. The molecule has 2 amide bonds. The Balaban J connectivity index is 1.31. The standard InChI is InChI=1S/C22H34N4O2/c1-14(2)19(20(27)23-6-3-4-18-5-7-24-26-18)25-21(28)22-11-15-8-16(12-22)10-17(9-15)13-22/h5,7,14-17,19H,3-4,6,8-13H2,1-2H3,(H,23,27)(H,24,26)(H,25,28). The van der Waals surface area contributed by atoms with E-state index in [9.17, 15) is 9.59 Å². The van der Waals surface area contributed by atoms with Crippen LogP contribution in [0.4, 0.5) is 0 Å². The van der Waals surface area contributed by atoms with Crippen LogP contribution in [0.15, 0.2) is 12.3 Å². The normalized spacial score (nSPS) is 31.8. The van der Waals surface area contributed by atoms with Crippen LogP contribution in [0.5, 0.6) is 0 Å². The number of nitrogens with zero attached hydrogens (tertiary/aromatic N) is 1. The van der Waals surface area contributed by atoms with Crippen molar-refractivity contribution in [2.45, 2.75) is 71.3 Å². The van der Waals surface area contributed by atoms with Gasteiger partial charge in [0.05, 0.1) is 0 Å². The Morgan fingerprint density at radius 3 is 2.36 bits per heavy atom. The molecule has 1 atom stereocenters. The van der Waals surface area contributed by atoms with Crippen LogP contribution in [0.1, 0.15) is 64.5 Å². The number of aryl methyl sites for hydroxylation is 1. The van der Waals surface area contributed by atoms with E-state index in [0.717, 1.165) is 55.6 Å². The molecule has 0 saturated heterocycles. The number of carbonyl (C=O) groups excluding carboxylic acids is 2. The first-order valence-electron chi connectivity index (χ1n) is 11.0. The Morgan fingerprint density at radius 1 is 1.18 bits per heavy atom. The lowest BCUT2D eigenvalue weighted by atomic mass is 9.49. The van der Waals surface area contributed by atoms with Crippen molar-refractivity contribution in [2.24, 2.45) is 29.1 Å². The Kier molecular flexibility index (Phi) is 5.48. The largest absolute Gasteiger partial charge is 0.354 e. The summed E-state index contributed by atoms with van der Waals surface area (Å²) in [6.07, 6.45) is 10.5. The summed E-state index contributed by atoms with van der Waals surface area (Å²) in [4.78, 5) is 26.1. The van der Waals surface area contributed by atoms with Crippen molar-refractivity contribution in [3.8, 4) is 0 Å². The molecular weight excluding hydrogens is 352 g/mol. The molecule has 154 valence electrons. The van der Waals surface area contributed by atoms with E-state index in [1.165, 1.54) is 19.3 Å². The third kappa shape index (κ3) is 3.96. The number of hydrogen-bond acceptors (Lipinski definition) is 3. The van der Waals surface area contributed by atoms with Gasteiger partial charge in [-0.05, 0) is 81.1 Å². The van der Waals surface area contributed by atoms with E-state index in [-0.39, 0.29) is 23.1 Å². The van der Waals surface area contributed by atoms with Gasteiger partial charge in [-0.1, -0.05) is 13.8 Å². The quantitative estimate of drug-likeness (QED) is 0.601. The van der Waals surface area contributed by atoms with E-state index >= 15 is 0 Å². The monoisotopic (exact) mass is 386 g/mol. The van der Waals surface area contributed by atoms with Crippen molar-refractivity contribution in [1.82, 2.24) is 20.8 Å². The van der Waals surface area contributed by atoms with Crippen LogP contribution >= 0.6 is 0 Å². The highest BCUT2D eigenvalue weighted by atomic mass is 16.2. The van der Waals surface area contributed by atoms with Gasteiger partial charge in [0.25, 0.3) is 0 Å². The van der Waals surface area contributed by atoms with Crippen molar-refractivity contribution >= 4 is 11.8 Å². The summed E-state index contributed by atoms with van der Waals surface area (Å²) in [5.41, 5.74) is 0.868. The molecule has 1 unspecified atom stereocenters. The topological polar surface area (TPSA) is 86.9 Å². The summed E-state index contributed by atoms with van der Waals surface area (Å²) < 4.78 is 0. The van der Waals surface area contributed by atoms with E-state index in [1.54, 1.807) is 6.20 Å². The van der Waals surface area contributed by atoms with Gasteiger partial charge in [0.1, 0.15) is 6.04 Å². The molecule has 1 aromatic heterocycles. The molecule has 6 heteroatoms. The molecule has 4 saturated carbocycles. The van der Waals surface area contributed by atoms with Gasteiger partial charge in [-0.3, -0.25) is 14.7 Å². The zero-order chi connectivity index (χ0) is 19.7. The molecule has 3 N–H and O–H groups in total. The number of hydrogen-bond donors (Lipinski definition) is 3. The van der Waals surface area contributed by atoms with E-state index in [2.05, 4.69) is 20.8 Å². The fourth-order valence-corrected chi connectivity index (χ4v) is 6.24. The number of H-pyrrole nitrogens is 1. The molecule has 1 aromatic rings. The van der Waals surface area contributed by atoms with Crippen molar-refractivity contribution < 1.29 is 9.59 Å². The third-order valence-corrected chi connectivity index (χ3v) is 7.24. The lowest BCUT2D eigenvalue weighted by molar-refractivity contribution is -0.149. The van der Waals surface area contributed by atoms with Gasteiger partial charge >= 0.3 is 0 Å². The van der Waals surface area contributed by atoms with Crippen molar-refractivity contribution in [3.05, 3.63) is 18.0 Å². The Labute approximate surface area is 167 Å². The van der Waals surface area contributed by atoms with Crippen LogP contribution in [-0.2, 0) is 16.0 Å². The van der Waals surface area contributed by atoms with Crippen molar-refractivity contribution in [1.29, 1.82) is 0 Å². The molecule has 28 heavy (non-hydrogen) atoms. The molecule has 0 radical (unpaired) electrons. The van der Waals surface area contributed by atoms with Crippen LogP contribution in [0.3, 0.4) is 0 Å². The summed E-state index contributed by atoms with van der Waals surface area (Å²) in [5, 5.41) is 13.1. The van der Waals surface area contributed by atoms with Crippen LogP contribution in [0.25, 0.3) is 0 Å². The Hall–Kier alpha value is -1.85. The number of amides is 2. The molecular formula is C22H34N4O2. The SMILES string of the molecule is CC(C)C(NC(=O)C12CC3CC(CC(C3)C1)C2)C(=O)NCCCc1ccn[nH]1. The van der Waals surface area contributed by atoms with E-state index in [0.29, 0.717) is 6.54 Å². The fourth-order valence-electron chi connectivity index (χ4n) is 6.24.